The van der Waals surface area contributed by atoms with Gasteiger partial charge < -0.3 is 10.5 Å². The first-order valence-electron chi connectivity index (χ1n) is 4.13. The molecule has 0 bridgehead atoms. The zero-order valence-corrected chi connectivity index (χ0v) is 9.59. The Kier molecular flexibility index (Phi) is 3.65. The molecule has 1 unspecified atom stereocenters. The van der Waals surface area contributed by atoms with Crippen molar-refractivity contribution in [1.82, 2.24) is 10.2 Å². The molecule has 1 heterocycles. The Hall–Kier alpha value is -0.880. The second-order valence-corrected chi connectivity index (χ2v) is 3.83. The fraction of sp³-hybridized carbons (Fsp3) is 0.500. The molecule has 0 radical (unpaired) electrons. The third-order valence-electron chi connectivity index (χ3n) is 1.68. The third kappa shape index (κ3) is 2.33. The fourth-order valence-corrected chi connectivity index (χ4v) is 1.55. The Morgan fingerprint density at radius 2 is 2.43 bits per heavy atom. The van der Waals surface area contributed by atoms with Crippen LogP contribution in [0, 0.1) is 0 Å². The summed E-state index contributed by atoms with van der Waals surface area (Å²) in [7, 11) is 1.31. The van der Waals surface area contributed by atoms with Crippen molar-refractivity contribution in [1.29, 1.82) is 0 Å². The van der Waals surface area contributed by atoms with Crippen molar-refractivity contribution in [3.8, 4) is 0 Å². The van der Waals surface area contributed by atoms with Gasteiger partial charge in [0.05, 0.1) is 17.3 Å². The number of nitrogens with zero attached hydrogens (tertiary/aromatic N) is 1. The van der Waals surface area contributed by atoms with E-state index in [-0.39, 0.29) is 11.7 Å². The monoisotopic (exact) mass is 261 g/mol. The van der Waals surface area contributed by atoms with Gasteiger partial charge in [0.1, 0.15) is 0 Å². The number of hydrogen-bond donors (Lipinski definition) is 2. The molecule has 0 aliphatic heterocycles. The number of nitrogens with one attached hydrogen (secondary N) is 1. The molecule has 0 aliphatic rings. The van der Waals surface area contributed by atoms with Gasteiger partial charge in [0.2, 0.25) is 0 Å². The minimum Gasteiger partial charge on any atom is -0.464 e. The van der Waals surface area contributed by atoms with Crippen LogP contribution in [0.4, 0.5) is 0 Å². The number of aromatic nitrogens is 2. The maximum atomic E-state index is 11.2. The van der Waals surface area contributed by atoms with Crippen molar-refractivity contribution in [2.24, 2.45) is 5.73 Å². The Bertz CT molecular complexity index is 335. The summed E-state index contributed by atoms with van der Waals surface area (Å²) in [6.45, 7) is 1.88. The molecule has 1 atom stereocenters. The summed E-state index contributed by atoms with van der Waals surface area (Å²) >= 11 is 3.27. The number of aromatic amines is 1. The molecule has 1 rings (SSSR count). The van der Waals surface area contributed by atoms with E-state index >= 15 is 0 Å². The van der Waals surface area contributed by atoms with Crippen LogP contribution in [0.3, 0.4) is 0 Å². The van der Waals surface area contributed by atoms with Crippen LogP contribution < -0.4 is 5.73 Å². The number of ether oxygens (including phenoxy) is 1. The normalized spacial score (nSPS) is 12.6. The SMILES string of the molecule is COC(=O)c1n[nH]c(CC(C)N)c1Br. The highest BCUT2D eigenvalue weighted by Crippen LogP contribution is 2.20. The lowest BCUT2D eigenvalue weighted by molar-refractivity contribution is 0.0593. The van der Waals surface area contributed by atoms with Gasteiger partial charge in [-0.1, -0.05) is 0 Å². The Morgan fingerprint density at radius 1 is 1.79 bits per heavy atom. The molecule has 0 saturated heterocycles. The molecule has 0 saturated carbocycles. The van der Waals surface area contributed by atoms with Crippen LogP contribution in [0.15, 0.2) is 4.47 Å². The number of H-pyrrole nitrogens is 1. The highest BCUT2D eigenvalue weighted by Gasteiger charge is 2.18. The minimum atomic E-state index is -0.468. The molecule has 5 nitrogen and oxygen atoms in total. The van der Waals surface area contributed by atoms with Crippen molar-refractivity contribution < 1.29 is 9.53 Å². The number of nitrogens with two attached hydrogens (primary N) is 1. The van der Waals surface area contributed by atoms with E-state index in [0.29, 0.717) is 10.9 Å². The average molecular weight is 262 g/mol. The van der Waals surface area contributed by atoms with Crippen LogP contribution in [0.1, 0.15) is 23.1 Å². The Morgan fingerprint density at radius 3 is 2.93 bits per heavy atom. The van der Waals surface area contributed by atoms with E-state index < -0.39 is 5.97 Å². The van der Waals surface area contributed by atoms with Crippen molar-refractivity contribution in [2.45, 2.75) is 19.4 Å². The van der Waals surface area contributed by atoms with Crippen LogP contribution in [0.5, 0.6) is 0 Å². The molecule has 0 spiro atoms. The number of halogens is 1. The van der Waals surface area contributed by atoms with Crippen LogP contribution in [0.25, 0.3) is 0 Å². The summed E-state index contributed by atoms with van der Waals surface area (Å²) < 4.78 is 5.18. The smallest absolute Gasteiger partial charge is 0.359 e. The maximum Gasteiger partial charge on any atom is 0.359 e. The molecule has 0 fully saturated rings. The summed E-state index contributed by atoms with van der Waals surface area (Å²) in [4.78, 5) is 11.2. The summed E-state index contributed by atoms with van der Waals surface area (Å²) in [6.07, 6.45) is 0.630. The van der Waals surface area contributed by atoms with Crippen molar-refractivity contribution in [3.05, 3.63) is 15.9 Å². The van der Waals surface area contributed by atoms with Crippen molar-refractivity contribution in [3.63, 3.8) is 0 Å². The zero-order chi connectivity index (χ0) is 10.7. The number of hydrogen-bond acceptors (Lipinski definition) is 4. The van der Waals surface area contributed by atoms with E-state index in [0.717, 1.165) is 5.69 Å². The summed E-state index contributed by atoms with van der Waals surface area (Å²) in [5.74, 6) is -0.468. The second-order valence-electron chi connectivity index (χ2n) is 3.04. The molecule has 14 heavy (non-hydrogen) atoms. The van der Waals surface area contributed by atoms with Gasteiger partial charge in [0.15, 0.2) is 5.69 Å². The lowest BCUT2D eigenvalue weighted by Gasteiger charge is -2.01. The molecule has 1 aromatic rings. The summed E-state index contributed by atoms with van der Waals surface area (Å²) in [5, 5.41) is 6.58. The predicted octanol–water partition coefficient (Wildman–Crippen LogP) is 0.848. The number of methoxy groups -OCH3 is 1. The number of carbonyl (C=O) groups excluding carboxylic acids is 1. The molecule has 78 valence electrons. The van der Waals surface area contributed by atoms with Gasteiger partial charge in [0, 0.05) is 12.5 Å². The minimum absolute atomic E-state index is 0.0113. The summed E-state index contributed by atoms with van der Waals surface area (Å²) in [5.41, 5.74) is 6.69. The zero-order valence-electron chi connectivity index (χ0n) is 8.00. The van der Waals surface area contributed by atoms with Crippen molar-refractivity contribution >= 4 is 21.9 Å². The predicted molar refractivity (Wildman–Crippen MR) is 55.0 cm³/mol. The lowest BCUT2D eigenvalue weighted by Crippen LogP contribution is -2.18. The van der Waals surface area contributed by atoms with E-state index in [4.69, 9.17) is 5.73 Å². The van der Waals surface area contributed by atoms with Gasteiger partial charge in [0.25, 0.3) is 0 Å². The van der Waals surface area contributed by atoms with E-state index in [2.05, 4.69) is 30.9 Å². The maximum absolute atomic E-state index is 11.2. The van der Waals surface area contributed by atoms with Crippen LogP contribution in [-0.4, -0.2) is 29.3 Å². The quantitative estimate of drug-likeness (QED) is 0.791. The fourth-order valence-electron chi connectivity index (χ4n) is 1.05. The molecule has 3 N–H and O–H groups in total. The van der Waals surface area contributed by atoms with E-state index in [1.807, 2.05) is 6.92 Å². The lowest BCUT2D eigenvalue weighted by atomic mass is 10.2. The Balaban J connectivity index is 2.90. The van der Waals surface area contributed by atoms with Crippen LogP contribution in [0.2, 0.25) is 0 Å². The molecular formula is C8H12BrN3O2. The topological polar surface area (TPSA) is 81.0 Å². The van der Waals surface area contributed by atoms with Gasteiger partial charge in [-0.05, 0) is 22.9 Å². The van der Waals surface area contributed by atoms with E-state index in [9.17, 15) is 4.79 Å². The highest BCUT2D eigenvalue weighted by atomic mass is 79.9. The van der Waals surface area contributed by atoms with Gasteiger partial charge >= 0.3 is 5.97 Å². The first-order valence-corrected chi connectivity index (χ1v) is 4.92. The van der Waals surface area contributed by atoms with Crippen LogP contribution in [-0.2, 0) is 11.2 Å². The van der Waals surface area contributed by atoms with Crippen molar-refractivity contribution in [2.75, 3.05) is 7.11 Å². The van der Waals surface area contributed by atoms with Gasteiger partial charge in [-0.3, -0.25) is 5.10 Å². The van der Waals surface area contributed by atoms with E-state index in [1.165, 1.54) is 7.11 Å². The first kappa shape index (κ1) is 11.2. The molecule has 0 aliphatic carbocycles. The average Bonchev–Trinajstić information content (AvgIpc) is 2.46. The summed E-state index contributed by atoms with van der Waals surface area (Å²) in [6, 6.07) is 0.0113. The Labute approximate surface area is 90.1 Å². The standard InChI is InChI=1S/C8H12BrN3O2/c1-4(10)3-5-6(9)7(12-11-5)8(13)14-2/h4H,3,10H2,1-2H3,(H,11,12). The molecule has 1 aromatic heterocycles. The highest BCUT2D eigenvalue weighted by molar-refractivity contribution is 9.10. The largest absolute Gasteiger partial charge is 0.464 e. The molecule has 6 heteroatoms. The van der Waals surface area contributed by atoms with Crippen LogP contribution >= 0.6 is 15.9 Å². The number of esters is 1. The molecule has 0 aromatic carbocycles. The number of carbonyl (C=O) groups is 1. The van der Waals surface area contributed by atoms with Gasteiger partial charge in [-0.15, -0.1) is 0 Å². The molecular weight excluding hydrogens is 250 g/mol. The second kappa shape index (κ2) is 4.56. The van der Waals surface area contributed by atoms with E-state index in [1.54, 1.807) is 0 Å². The first-order chi connectivity index (χ1) is 6.56. The third-order valence-corrected chi connectivity index (χ3v) is 2.53. The number of rotatable bonds is 3. The van der Waals surface area contributed by atoms with Gasteiger partial charge in [-0.2, -0.15) is 5.10 Å². The van der Waals surface area contributed by atoms with Gasteiger partial charge in [-0.25, -0.2) is 4.79 Å². The molecule has 0 amide bonds.